The summed E-state index contributed by atoms with van der Waals surface area (Å²) in [6, 6.07) is 14.5. The molecule has 6 nitrogen and oxygen atoms in total. The van der Waals surface area contributed by atoms with Crippen molar-refractivity contribution in [1.82, 2.24) is 9.80 Å². The summed E-state index contributed by atoms with van der Waals surface area (Å²) in [5, 5.41) is 3.27. The van der Waals surface area contributed by atoms with Crippen LogP contribution in [0, 0.1) is 5.92 Å². The minimum absolute atomic E-state index is 0.0644. The number of likely N-dealkylation sites (tertiary alicyclic amines) is 1. The van der Waals surface area contributed by atoms with E-state index < -0.39 is 11.8 Å². The summed E-state index contributed by atoms with van der Waals surface area (Å²) in [7, 11) is 1.55. The minimum Gasteiger partial charge on any atom is -0.336 e. The van der Waals surface area contributed by atoms with Crippen LogP contribution in [0.3, 0.4) is 0 Å². The summed E-state index contributed by atoms with van der Waals surface area (Å²) in [6.45, 7) is 2.11. The Labute approximate surface area is 185 Å². The summed E-state index contributed by atoms with van der Waals surface area (Å²) in [5.41, 5.74) is 1.33. The normalized spacial score (nSPS) is 17.0. The molecule has 1 fully saturated rings. The van der Waals surface area contributed by atoms with Crippen molar-refractivity contribution in [3.05, 3.63) is 64.1 Å². The molecule has 3 rings (SSSR count). The molecule has 0 aliphatic carbocycles. The lowest BCUT2D eigenvalue weighted by Gasteiger charge is -2.26. The van der Waals surface area contributed by atoms with Crippen LogP contribution in [0.4, 0.5) is 5.69 Å². The summed E-state index contributed by atoms with van der Waals surface area (Å²) in [6.07, 6.45) is 0.137. The molecule has 2 aromatic rings. The van der Waals surface area contributed by atoms with Crippen LogP contribution in [0.5, 0.6) is 0 Å². The number of hydrogen-bond acceptors (Lipinski definition) is 3. The second-order valence-corrected chi connectivity index (χ2v) is 8.19. The molecule has 1 N–H and O–H groups in total. The molecule has 1 aliphatic rings. The van der Waals surface area contributed by atoms with Gasteiger partial charge < -0.3 is 15.1 Å². The van der Waals surface area contributed by atoms with E-state index in [1.54, 1.807) is 30.1 Å². The van der Waals surface area contributed by atoms with E-state index in [0.29, 0.717) is 22.3 Å². The van der Waals surface area contributed by atoms with E-state index in [1.807, 2.05) is 37.3 Å². The summed E-state index contributed by atoms with van der Waals surface area (Å²) in [5.74, 6) is -1.21. The zero-order chi connectivity index (χ0) is 21.8. The number of carbonyl (C=O) groups excluding carboxylic acids is 3. The van der Waals surface area contributed by atoms with Crippen LogP contribution in [0.15, 0.2) is 48.5 Å². The molecule has 0 bridgehead atoms. The molecule has 1 aliphatic heterocycles. The van der Waals surface area contributed by atoms with Crippen LogP contribution in [0.1, 0.15) is 24.9 Å². The van der Waals surface area contributed by atoms with Crippen LogP contribution >= 0.6 is 23.2 Å². The van der Waals surface area contributed by atoms with E-state index in [9.17, 15) is 14.4 Å². The van der Waals surface area contributed by atoms with Crippen LogP contribution in [0.2, 0.25) is 10.0 Å². The van der Waals surface area contributed by atoms with E-state index in [4.69, 9.17) is 23.2 Å². The van der Waals surface area contributed by atoms with Crippen molar-refractivity contribution in [2.75, 3.05) is 25.5 Å². The predicted octanol–water partition coefficient (Wildman–Crippen LogP) is 4.00. The Hall–Kier alpha value is -2.57. The lowest BCUT2D eigenvalue weighted by atomic mass is 10.1. The average Bonchev–Trinajstić information content (AvgIpc) is 3.11. The smallest absolute Gasteiger partial charge is 0.244 e. The number of amides is 3. The van der Waals surface area contributed by atoms with Crippen molar-refractivity contribution >= 4 is 46.6 Å². The van der Waals surface area contributed by atoms with Crippen molar-refractivity contribution in [2.45, 2.75) is 19.4 Å². The number of carbonyl (C=O) groups is 3. The van der Waals surface area contributed by atoms with Crippen molar-refractivity contribution in [1.29, 1.82) is 0 Å². The van der Waals surface area contributed by atoms with Crippen molar-refractivity contribution in [2.24, 2.45) is 5.92 Å². The predicted molar refractivity (Wildman–Crippen MR) is 117 cm³/mol. The van der Waals surface area contributed by atoms with E-state index in [-0.39, 0.29) is 30.8 Å². The van der Waals surface area contributed by atoms with Crippen LogP contribution in [-0.2, 0) is 14.4 Å². The number of benzene rings is 2. The van der Waals surface area contributed by atoms with Crippen molar-refractivity contribution < 1.29 is 14.4 Å². The first-order chi connectivity index (χ1) is 14.3. The highest BCUT2D eigenvalue weighted by atomic mass is 35.5. The first-order valence-corrected chi connectivity index (χ1v) is 10.4. The van der Waals surface area contributed by atoms with Crippen LogP contribution in [-0.4, -0.2) is 47.7 Å². The molecule has 158 valence electrons. The number of rotatable bonds is 6. The average molecular weight is 448 g/mol. The Bertz CT molecular complexity index is 932. The molecule has 0 radical (unpaired) electrons. The summed E-state index contributed by atoms with van der Waals surface area (Å²) >= 11 is 12.1. The quantitative estimate of drug-likeness (QED) is 0.727. The molecule has 3 amide bonds. The second-order valence-electron chi connectivity index (χ2n) is 7.37. The standard InChI is InChI=1S/C22H23Cl2N3O3/c1-14(15-7-4-3-5-8-15)27-12-16(11-20(27)29)22(30)26(2)13-19(28)25-21-17(23)9-6-10-18(21)24/h3-10,14,16H,11-13H2,1-2H3,(H,25,28). The van der Waals surface area contributed by atoms with Gasteiger partial charge >= 0.3 is 0 Å². The Kier molecular flexibility index (Phi) is 7.00. The number of nitrogens with zero attached hydrogens (tertiary/aromatic N) is 2. The van der Waals surface area contributed by atoms with Gasteiger partial charge in [0.1, 0.15) is 0 Å². The Morgan fingerprint density at radius 1 is 1.13 bits per heavy atom. The lowest BCUT2D eigenvalue weighted by Crippen LogP contribution is -2.39. The molecule has 0 aromatic heterocycles. The number of nitrogens with one attached hydrogen (secondary N) is 1. The SMILES string of the molecule is CC(c1ccccc1)N1CC(C(=O)N(C)CC(=O)Nc2c(Cl)cccc2Cl)CC1=O. The second kappa shape index (κ2) is 9.49. The maximum Gasteiger partial charge on any atom is 0.244 e. The van der Waals surface area contributed by atoms with Gasteiger partial charge in [0.05, 0.1) is 34.2 Å². The molecular weight excluding hydrogens is 425 g/mol. The fraction of sp³-hybridized carbons (Fsp3) is 0.318. The van der Waals surface area contributed by atoms with Gasteiger partial charge in [0.25, 0.3) is 0 Å². The van der Waals surface area contributed by atoms with Gasteiger partial charge in [0.15, 0.2) is 0 Å². The van der Waals surface area contributed by atoms with Gasteiger partial charge in [-0.3, -0.25) is 14.4 Å². The maximum absolute atomic E-state index is 12.8. The molecule has 0 spiro atoms. The Morgan fingerprint density at radius 3 is 2.40 bits per heavy atom. The maximum atomic E-state index is 12.8. The number of para-hydroxylation sites is 1. The Morgan fingerprint density at radius 2 is 1.77 bits per heavy atom. The largest absolute Gasteiger partial charge is 0.336 e. The highest BCUT2D eigenvalue weighted by molar-refractivity contribution is 6.39. The van der Waals surface area contributed by atoms with Crippen molar-refractivity contribution in [3.8, 4) is 0 Å². The molecule has 2 unspecified atom stereocenters. The first kappa shape index (κ1) is 22.1. The van der Waals surface area contributed by atoms with E-state index in [0.717, 1.165) is 5.56 Å². The fourth-order valence-corrected chi connectivity index (χ4v) is 4.08. The topological polar surface area (TPSA) is 69.7 Å². The van der Waals surface area contributed by atoms with E-state index in [1.165, 1.54) is 4.90 Å². The van der Waals surface area contributed by atoms with Crippen LogP contribution in [0.25, 0.3) is 0 Å². The molecule has 1 saturated heterocycles. The number of hydrogen-bond donors (Lipinski definition) is 1. The molecule has 8 heteroatoms. The van der Waals surface area contributed by atoms with Crippen molar-refractivity contribution in [3.63, 3.8) is 0 Å². The van der Waals surface area contributed by atoms with Gasteiger partial charge in [-0.25, -0.2) is 0 Å². The first-order valence-electron chi connectivity index (χ1n) is 9.61. The van der Waals surface area contributed by atoms with Crippen LogP contribution < -0.4 is 5.32 Å². The van der Waals surface area contributed by atoms with Gasteiger partial charge in [0, 0.05) is 20.0 Å². The molecular formula is C22H23Cl2N3O3. The number of anilines is 1. The van der Waals surface area contributed by atoms with Gasteiger partial charge in [0.2, 0.25) is 17.7 Å². The third kappa shape index (κ3) is 4.94. The fourth-order valence-electron chi connectivity index (χ4n) is 3.58. The van der Waals surface area contributed by atoms with Gasteiger partial charge in [-0.1, -0.05) is 59.6 Å². The highest BCUT2D eigenvalue weighted by Crippen LogP contribution is 2.31. The zero-order valence-electron chi connectivity index (χ0n) is 16.8. The molecule has 30 heavy (non-hydrogen) atoms. The van der Waals surface area contributed by atoms with Gasteiger partial charge in [-0.15, -0.1) is 0 Å². The van der Waals surface area contributed by atoms with E-state index in [2.05, 4.69) is 5.32 Å². The highest BCUT2D eigenvalue weighted by Gasteiger charge is 2.38. The van der Waals surface area contributed by atoms with Gasteiger partial charge in [-0.05, 0) is 24.6 Å². The zero-order valence-corrected chi connectivity index (χ0v) is 18.3. The summed E-state index contributed by atoms with van der Waals surface area (Å²) < 4.78 is 0. The van der Waals surface area contributed by atoms with Gasteiger partial charge in [-0.2, -0.15) is 0 Å². The third-order valence-electron chi connectivity index (χ3n) is 5.24. The molecule has 2 aromatic carbocycles. The third-order valence-corrected chi connectivity index (χ3v) is 5.87. The molecule has 2 atom stereocenters. The Balaban J connectivity index is 1.59. The minimum atomic E-state index is -0.481. The number of halogens is 2. The molecule has 0 saturated carbocycles. The lowest BCUT2D eigenvalue weighted by molar-refractivity contribution is -0.137. The van der Waals surface area contributed by atoms with E-state index >= 15 is 0 Å². The summed E-state index contributed by atoms with van der Waals surface area (Å²) in [4.78, 5) is 40.8. The monoisotopic (exact) mass is 447 g/mol. The molecule has 1 heterocycles. The number of likely N-dealkylation sites (N-methyl/N-ethyl adjacent to an activating group) is 1.